The average Bonchev–Trinajstić information content (AvgIpc) is 2.38. The zero-order chi connectivity index (χ0) is 13.8. The molecule has 2 aromatic carbocycles. The number of benzene rings is 2. The molecule has 0 bridgehead atoms. The molecule has 0 aliphatic rings. The molecule has 0 amide bonds. The summed E-state index contributed by atoms with van der Waals surface area (Å²) in [6, 6.07) is 9.81. The first-order chi connectivity index (χ1) is 9.11. The van der Waals surface area contributed by atoms with E-state index < -0.39 is 11.6 Å². The van der Waals surface area contributed by atoms with Gasteiger partial charge >= 0.3 is 0 Å². The van der Waals surface area contributed by atoms with Crippen molar-refractivity contribution < 1.29 is 8.78 Å². The molecule has 0 aliphatic carbocycles. The van der Waals surface area contributed by atoms with Crippen molar-refractivity contribution in [2.24, 2.45) is 0 Å². The number of hydrogen-bond acceptors (Lipinski definition) is 1. The molecule has 0 spiro atoms. The van der Waals surface area contributed by atoms with Crippen LogP contribution in [-0.4, -0.2) is 0 Å². The van der Waals surface area contributed by atoms with Gasteiger partial charge in [0.1, 0.15) is 5.82 Å². The molecular formula is C15H14ClF2N. The molecule has 0 radical (unpaired) electrons. The van der Waals surface area contributed by atoms with E-state index in [0.29, 0.717) is 6.54 Å². The average molecular weight is 282 g/mol. The number of halogens is 3. The molecule has 1 N–H and O–H groups in total. The summed E-state index contributed by atoms with van der Waals surface area (Å²) < 4.78 is 26.5. The van der Waals surface area contributed by atoms with Crippen molar-refractivity contribution >= 4 is 17.3 Å². The Bertz CT molecular complexity index is 561. The second-order valence-electron chi connectivity index (χ2n) is 4.22. The minimum atomic E-state index is -0.682. The van der Waals surface area contributed by atoms with Crippen molar-refractivity contribution in [2.45, 2.75) is 19.9 Å². The van der Waals surface area contributed by atoms with Crippen molar-refractivity contribution in [3.63, 3.8) is 0 Å². The van der Waals surface area contributed by atoms with E-state index in [9.17, 15) is 8.78 Å². The van der Waals surface area contributed by atoms with Crippen LogP contribution in [-0.2, 0) is 13.0 Å². The number of anilines is 1. The van der Waals surface area contributed by atoms with E-state index in [1.807, 2.05) is 24.3 Å². The van der Waals surface area contributed by atoms with Gasteiger partial charge in [0.25, 0.3) is 0 Å². The van der Waals surface area contributed by atoms with Crippen LogP contribution in [0.25, 0.3) is 0 Å². The van der Waals surface area contributed by atoms with Crippen LogP contribution in [0, 0.1) is 11.6 Å². The van der Waals surface area contributed by atoms with Gasteiger partial charge in [0.2, 0.25) is 0 Å². The lowest BCUT2D eigenvalue weighted by molar-refractivity contribution is 0.585. The molecule has 0 heterocycles. The SMILES string of the molecule is CCc1ccccc1CNc1c(F)cc(F)cc1Cl. The highest BCUT2D eigenvalue weighted by Crippen LogP contribution is 2.27. The van der Waals surface area contributed by atoms with Crippen LogP contribution in [0.3, 0.4) is 0 Å². The molecule has 0 aliphatic heterocycles. The van der Waals surface area contributed by atoms with E-state index in [-0.39, 0.29) is 10.7 Å². The molecule has 0 saturated carbocycles. The van der Waals surface area contributed by atoms with Crippen LogP contribution in [0.15, 0.2) is 36.4 Å². The summed E-state index contributed by atoms with van der Waals surface area (Å²) in [6.45, 7) is 2.51. The maximum atomic E-state index is 13.6. The second-order valence-corrected chi connectivity index (χ2v) is 4.63. The summed E-state index contributed by atoms with van der Waals surface area (Å²) in [5.41, 5.74) is 2.40. The number of rotatable bonds is 4. The van der Waals surface area contributed by atoms with Gasteiger partial charge in [-0.3, -0.25) is 0 Å². The van der Waals surface area contributed by atoms with Gasteiger partial charge in [0.05, 0.1) is 10.7 Å². The van der Waals surface area contributed by atoms with E-state index >= 15 is 0 Å². The third-order valence-electron chi connectivity index (χ3n) is 2.96. The summed E-state index contributed by atoms with van der Waals surface area (Å²) in [5.74, 6) is -1.36. The lowest BCUT2D eigenvalue weighted by Crippen LogP contribution is -2.05. The quantitative estimate of drug-likeness (QED) is 0.849. The van der Waals surface area contributed by atoms with E-state index in [4.69, 9.17) is 11.6 Å². The predicted octanol–water partition coefficient (Wildman–Crippen LogP) is 4.79. The fourth-order valence-corrected chi connectivity index (χ4v) is 2.23. The first kappa shape index (κ1) is 13.8. The number of aryl methyl sites for hydroxylation is 1. The summed E-state index contributed by atoms with van der Waals surface area (Å²) in [7, 11) is 0. The Morgan fingerprint density at radius 3 is 2.42 bits per heavy atom. The van der Waals surface area contributed by atoms with E-state index in [2.05, 4.69) is 12.2 Å². The van der Waals surface area contributed by atoms with Crippen molar-refractivity contribution in [1.29, 1.82) is 0 Å². The third kappa shape index (κ3) is 3.24. The van der Waals surface area contributed by atoms with Crippen LogP contribution in [0.1, 0.15) is 18.1 Å². The Morgan fingerprint density at radius 2 is 1.79 bits per heavy atom. The van der Waals surface area contributed by atoms with Crippen molar-refractivity contribution in [1.82, 2.24) is 0 Å². The van der Waals surface area contributed by atoms with Crippen LogP contribution >= 0.6 is 11.6 Å². The molecule has 1 nitrogen and oxygen atoms in total. The van der Waals surface area contributed by atoms with Gasteiger partial charge in [-0.1, -0.05) is 42.8 Å². The Hall–Kier alpha value is -1.61. The topological polar surface area (TPSA) is 12.0 Å². The van der Waals surface area contributed by atoms with Gasteiger partial charge in [0, 0.05) is 12.6 Å². The van der Waals surface area contributed by atoms with Crippen LogP contribution in [0.2, 0.25) is 5.02 Å². The second kappa shape index (κ2) is 6.02. The summed E-state index contributed by atoms with van der Waals surface area (Å²) in [4.78, 5) is 0. The minimum absolute atomic E-state index is 0.0477. The molecule has 2 rings (SSSR count). The van der Waals surface area contributed by atoms with Crippen molar-refractivity contribution in [3.8, 4) is 0 Å². The first-order valence-corrected chi connectivity index (χ1v) is 6.44. The standard InChI is InChI=1S/C15H14ClF2N/c1-2-10-5-3-4-6-11(10)9-19-15-13(16)7-12(17)8-14(15)18/h3-8,19H,2,9H2,1H3. The van der Waals surface area contributed by atoms with Crippen LogP contribution in [0.4, 0.5) is 14.5 Å². The molecule has 0 fully saturated rings. The Balaban J connectivity index is 2.19. The van der Waals surface area contributed by atoms with E-state index in [1.165, 1.54) is 5.56 Å². The Morgan fingerprint density at radius 1 is 1.11 bits per heavy atom. The van der Waals surface area contributed by atoms with Gasteiger partial charge in [-0.2, -0.15) is 0 Å². The molecule has 0 unspecified atom stereocenters. The molecule has 4 heteroatoms. The van der Waals surface area contributed by atoms with Gasteiger partial charge in [0.15, 0.2) is 5.82 Å². The molecular weight excluding hydrogens is 268 g/mol. The van der Waals surface area contributed by atoms with E-state index in [0.717, 1.165) is 24.1 Å². The molecule has 0 saturated heterocycles. The van der Waals surface area contributed by atoms with Crippen molar-refractivity contribution in [2.75, 3.05) is 5.32 Å². The first-order valence-electron chi connectivity index (χ1n) is 6.07. The predicted molar refractivity (Wildman–Crippen MR) is 74.5 cm³/mol. The number of nitrogens with one attached hydrogen (secondary N) is 1. The minimum Gasteiger partial charge on any atom is -0.377 e. The molecule has 100 valence electrons. The largest absolute Gasteiger partial charge is 0.377 e. The fourth-order valence-electron chi connectivity index (χ4n) is 1.97. The molecule has 0 atom stereocenters. The summed E-state index contributed by atoms with van der Waals surface area (Å²) >= 11 is 5.83. The lowest BCUT2D eigenvalue weighted by Gasteiger charge is -2.12. The maximum Gasteiger partial charge on any atom is 0.150 e. The van der Waals surface area contributed by atoms with Gasteiger partial charge < -0.3 is 5.32 Å². The zero-order valence-corrected chi connectivity index (χ0v) is 11.3. The third-order valence-corrected chi connectivity index (χ3v) is 3.26. The normalized spacial score (nSPS) is 10.5. The maximum absolute atomic E-state index is 13.6. The van der Waals surface area contributed by atoms with Crippen molar-refractivity contribution in [3.05, 3.63) is 64.2 Å². The zero-order valence-electron chi connectivity index (χ0n) is 10.5. The Labute approximate surface area is 116 Å². The van der Waals surface area contributed by atoms with Crippen LogP contribution in [0.5, 0.6) is 0 Å². The van der Waals surface area contributed by atoms with Gasteiger partial charge in [-0.15, -0.1) is 0 Å². The molecule has 19 heavy (non-hydrogen) atoms. The van der Waals surface area contributed by atoms with Crippen LogP contribution < -0.4 is 5.32 Å². The summed E-state index contributed by atoms with van der Waals surface area (Å²) in [6.07, 6.45) is 0.900. The van der Waals surface area contributed by atoms with Gasteiger partial charge in [-0.25, -0.2) is 8.78 Å². The summed E-state index contributed by atoms with van der Waals surface area (Å²) in [5, 5.41) is 2.97. The monoisotopic (exact) mass is 281 g/mol. The highest BCUT2D eigenvalue weighted by Gasteiger charge is 2.10. The highest BCUT2D eigenvalue weighted by atomic mass is 35.5. The van der Waals surface area contributed by atoms with Gasteiger partial charge in [-0.05, 0) is 23.6 Å². The van der Waals surface area contributed by atoms with E-state index in [1.54, 1.807) is 0 Å². The molecule has 2 aromatic rings. The smallest absolute Gasteiger partial charge is 0.150 e. The number of hydrogen-bond donors (Lipinski definition) is 1. The Kier molecular flexibility index (Phi) is 4.38. The molecule has 0 aromatic heterocycles. The lowest BCUT2D eigenvalue weighted by atomic mass is 10.1. The fraction of sp³-hybridized carbons (Fsp3) is 0.200. The highest BCUT2D eigenvalue weighted by molar-refractivity contribution is 6.33.